The van der Waals surface area contributed by atoms with E-state index in [1.807, 2.05) is 121 Å². The predicted molar refractivity (Wildman–Crippen MR) is 143 cm³/mol. The quantitative estimate of drug-likeness (QED) is 0.278. The number of hydrogen-bond donors (Lipinski definition) is 2. The molecule has 0 atom stereocenters. The first-order valence-electron chi connectivity index (χ1n) is 12.1. The molecular formula is C32H32O4. The van der Waals surface area contributed by atoms with Gasteiger partial charge in [-0.2, -0.15) is 0 Å². The third-order valence-electron chi connectivity index (χ3n) is 6.00. The van der Waals surface area contributed by atoms with Crippen molar-refractivity contribution in [3.63, 3.8) is 0 Å². The molecule has 2 N–H and O–H groups in total. The van der Waals surface area contributed by atoms with E-state index in [0.29, 0.717) is 25.7 Å². The van der Waals surface area contributed by atoms with E-state index >= 15 is 0 Å². The maximum absolute atomic E-state index is 11.3. The average molecular weight is 481 g/mol. The molecule has 0 unspecified atom stereocenters. The van der Waals surface area contributed by atoms with Crippen molar-refractivity contribution in [1.82, 2.24) is 0 Å². The lowest BCUT2D eigenvalue weighted by Gasteiger charge is -2.12. The van der Waals surface area contributed by atoms with Crippen molar-refractivity contribution in [3.05, 3.63) is 144 Å². The molecule has 4 heteroatoms. The summed E-state index contributed by atoms with van der Waals surface area (Å²) in [5.74, 6) is -2.20. The minimum Gasteiger partial charge on any atom is -0.481 e. The van der Waals surface area contributed by atoms with Crippen molar-refractivity contribution in [2.45, 2.75) is 25.7 Å². The van der Waals surface area contributed by atoms with Crippen molar-refractivity contribution in [1.29, 1.82) is 0 Å². The minimum absolute atomic E-state index is 0.366. The van der Waals surface area contributed by atoms with Crippen LogP contribution in [0.5, 0.6) is 0 Å². The van der Waals surface area contributed by atoms with Crippen molar-refractivity contribution >= 4 is 11.9 Å². The van der Waals surface area contributed by atoms with E-state index in [1.54, 1.807) is 0 Å². The molecule has 4 rings (SSSR count). The van der Waals surface area contributed by atoms with Crippen LogP contribution >= 0.6 is 0 Å². The Kier molecular flexibility index (Phi) is 10.5. The van der Waals surface area contributed by atoms with E-state index in [4.69, 9.17) is 0 Å². The van der Waals surface area contributed by atoms with E-state index in [-0.39, 0.29) is 11.8 Å². The van der Waals surface area contributed by atoms with Crippen LogP contribution in [0, 0.1) is 11.8 Å². The molecule has 0 heterocycles. The molecule has 0 saturated carbocycles. The van der Waals surface area contributed by atoms with E-state index in [0.717, 1.165) is 22.3 Å². The highest BCUT2D eigenvalue weighted by Crippen LogP contribution is 2.16. The van der Waals surface area contributed by atoms with Gasteiger partial charge in [0.05, 0.1) is 11.8 Å². The van der Waals surface area contributed by atoms with Crippen LogP contribution < -0.4 is 0 Å². The molecule has 4 nitrogen and oxygen atoms in total. The van der Waals surface area contributed by atoms with Gasteiger partial charge in [0.15, 0.2) is 0 Å². The van der Waals surface area contributed by atoms with Gasteiger partial charge in [-0.1, -0.05) is 121 Å². The molecule has 0 saturated heterocycles. The summed E-state index contributed by atoms with van der Waals surface area (Å²) in [7, 11) is 0. The lowest BCUT2D eigenvalue weighted by Crippen LogP contribution is -2.19. The Morgan fingerprint density at radius 1 is 0.417 bits per heavy atom. The van der Waals surface area contributed by atoms with Crippen LogP contribution in [-0.4, -0.2) is 22.2 Å². The molecule has 0 spiro atoms. The molecule has 0 fully saturated rings. The predicted octanol–water partition coefficient (Wildman–Crippen LogP) is 6.35. The number of rotatable bonds is 10. The molecule has 4 aromatic carbocycles. The average Bonchev–Trinajstić information content (AvgIpc) is 2.91. The summed E-state index contributed by atoms with van der Waals surface area (Å²) < 4.78 is 0. The van der Waals surface area contributed by atoms with E-state index in [9.17, 15) is 19.8 Å². The van der Waals surface area contributed by atoms with Gasteiger partial charge >= 0.3 is 11.9 Å². The Hall–Kier alpha value is -4.18. The zero-order chi connectivity index (χ0) is 25.6. The smallest absolute Gasteiger partial charge is 0.307 e. The van der Waals surface area contributed by atoms with Gasteiger partial charge in [-0.15, -0.1) is 0 Å². The van der Waals surface area contributed by atoms with E-state index in [2.05, 4.69) is 0 Å². The van der Waals surface area contributed by atoms with Gasteiger partial charge in [0.25, 0.3) is 0 Å². The van der Waals surface area contributed by atoms with Crippen molar-refractivity contribution in [3.8, 4) is 0 Å². The Balaban J connectivity index is 0.000000201. The van der Waals surface area contributed by atoms with Gasteiger partial charge in [0.2, 0.25) is 0 Å². The second-order valence-electron chi connectivity index (χ2n) is 8.83. The summed E-state index contributed by atoms with van der Waals surface area (Å²) >= 11 is 0. The monoisotopic (exact) mass is 480 g/mol. The van der Waals surface area contributed by atoms with Crippen molar-refractivity contribution in [2.24, 2.45) is 11.8 Å². The number of carbonyl (C=O) groups is 2. The van der Waals surface area contributed by atoms with Gasteiger partial charge in [-0.25, -0.2) is 0 Å². The van der Waals surface area contributed by atoms with Crippen LogP contribution in [0.3, 0.4) is 0 Å². The fourth-order valence-corrected chi connectivity index (χ4v) is 4.09. The number of aliphatic carboxylic acids is 2. The normalized spacial score (nSPS) is 10.5. The maximum Gasteiger partial charge on any atom is 0.307 e. The summed E-state index contributed by atoms with van der Waals surface area (Å²) in [6.45, 7) is 0. The van der Waals surface area contributed by atoms with Crippen LogP contribution in [0.15, 0.2) is 121 Å². The molecule has 0 radical (unpaired) electrons. The zero-order valence-electron chi connectivity index (χ0n) is 20.2. The Labute approximate surface area is 212 Å². The van der Waals surface area contributed by atoms with Crippen LogP contribution in [0.2, 0.25) is 0 Å². The van der Waals surface area contributed by atoms with Gasteiger partial charge in [-0.05, 0) is 47.9 Å². The molecule has 184 valence electrons. The second kappa shape index (κ2) is 14.3. The molecule has 36 heavy (non-hydrogen) atoms. The van der Waals surface area contributed by atoms with Gasteiger partial charge < -0.3 is 10.2 Å². The lowest BCUT2D eigenvalue weighted by molar-refractivity contribution is -0.142. The number of carboxylic acid groups (broad SMARTS) is 2. The Morgan fingerprint density at radius 3 is 0.778 bits per heavy atom. The molecule has 0 bridgehead atoms. The first-order chi connectivity index (χ1) is 17.5. The fourth-order valence-electron chi connectivity index (χ4n) is 4.09. The lowest BCUT2D eigenvalue weighted by atomic mass is 9.93. The molecule has 0 aliphatic heterocycles. The minimum atomic E-state index is -0.734. The van der Waals surface area contributed by atoms with Crippen LogP contribution in [0.25, 0.3) is 0 Å². The van der Waals surface area contributed by atoms with E-state index in [1.165, 1.54) is 0 Å². The highest BCUT2D eigenvalue weighted by atomic mass is 16.4. The largest absolute Gasteiger partial charge is 0.481 e. The van der Waals surface area contributed by atoms with Crippen LogP contribution in [-0.2, 0) is 35.3 Å². The second-order valence-corrected chi connectivity index (χ2v) is 8.83. The first-order valence-corrected chi connectivity index (χ1v) is 12.1. The van der Waals surface area contributed by atoms with Crippen LogP contribution in [0.1, 0.15) is 22.3 Å². The zero-order valence-corrected chi connectivity index (χ0v) is 20.2. The molecule has 0 aliphatic carbocycles. The number of benzene rings is 4. The summed E-state index contributed by atoms with van der Waals surface area (Å²) in [6, 6.07) is 39.1. The molecule has 0 amide bonds. The van der Waals surface area contributed by atoms with Crippen LogP contribution in [0.4, 0.5) is 0 Å². The number of carboxylic acids is 2. The highest BCUT2D eigenvalue weighted by molar-refractivity contribution is 5.71. The topological polar surface area (TPSA) is 74.6 Å². The van der Waals surface area contributed by atoms with Crippen molar-refractivity contribution in [2.75, 3.05) is 0 Å². The van der Waals surface area contributed by atoms with Crippen molar-refractivity contribution < 1.29 is 19.8 Å². The molecular weight excluding hydrogens is 448 g/mol. The summed E-state index contributed by atoms with van der Waals surface area (Å²) in [6.07, 6.45) is 2.30. The van der Waals surface area contributed by atoms with Gasteiger partial charge in [0, 0.05) is 0 Å². The fraction of sp³-hybridized carbons (Fsp3) is 0.188. The van der Waals surface area contributed by atoms with Gasteiger partial charge in [-0.3, -0.25) is 9.59 Å². The standard InChI is InChI=1S/2C16H16O2/c2*17-16(18)15(11-13-7-3-1-4-8-13)12-14-9-5-2-6-10-14/h2*1-10,15H,11-12H2,(H,17,18). The maximum atomic E-state index is 11.3. The summed E-state index contributed by atoms with van der Waals surface area (Å²) in [5, 5.41) is 18.6. The number of hydrogen-bond acceptors (Lipinski definition) is 2. The third kappa shape index (κ3) is 9.22. The van der Waals surface area contributed by atoms with Gasteiger partial charge in [0.1, 0.15) is 0 Å². The Morgan fingerprint density at radius 2 is 0.611 bits per heavy atom. The molecule has 4 aromatic rings. The Bertz CT molecular complexity index is 996. The molecule has 0 aromatic heterocycles. The van der Waals surface area contributed by atoms with E-state index < -0.39 is 11.9 Å². The first kappa shape index (κ1) is 26.4. The summed E-state index contributed by atoms with van der Waals surface area (Å²) in [5.41, 5.74) is 4.28. The summed E-state index contributed by atoms with van der Waals surface area (Å²) in [4.78, 5) is 22.6. The molecule has 0 aliphatic rings. The SMILES string of the molecule is O=C(O)C(Cc1ccccc1)Cc1ccccc1.O=C(O)C(Cc1ccccc1)Cc1ccccc1. The highest BCUT2D eigenvalue weighted by Gasteiger charge is 2.19. The third-order valence-corrected chi connectivity index (χ3v) is 6.00.